The predicted octanol–water partition coefficient (Wildman–Crippen LogP) is 2.34. The topological polar surface area (TPSA) is 52.0 Å². The van der Waals surface area contributed by atoms with E-state index < -0.39 is 0 Å². The van der Waals surface area contributed by atoms with Crippen molar-refractivity contribution in [3.05, 3.63) is 27.2 Å². The molecule has 0 heterocycles. The number of rotatable bonds is 1. The Kier molecular flexibility index (Phi) is 2.83. The van der Waals surface area contributed by atoms with Crippen LogP contribution in [0.4, 0.5) is 5.69 Å². The molecular weight excluding hydrogens is 195 g/mol. The van der Waals surface area contributed by atoms with Gasteiger partial charge in [-0.1, -0.05) is 23.2 Å². The van der Waals surface area contributed by atoms with E-state index in [2.05, 4.69) is 0 Å². The van der Waals surface area contributed by atoms with Gasteiger partial charge in [-0.15, -0.1) is 0 Å². The van der Waals surface area contributed by atoms with Crippen molar-refractivity contribution in [2.24, 2.45) is 5.73 Å². The van der Waals surface area contributed by atoms with Gasteiger partial charge >= 0.3 is 0 Å². The summed E-state index contributed by atoms with van der Waals surface area (Å²) in [6.07, 6.45) is 0. The first-order chi connectivity index (χ1) is 5.57. The highest BCUT2D eigenvalue weighted by Gasteiger charge is 2.08. The lowest BCUT2D eigenvalue weighted by molar-refractivity contribution is 1.05. The van der Waals surface area contributed by atoms with Crippen LogP contribution in [0, 0.1) is 6.92 Å². The molecule has 0 amide bonds. The molecule has 12 heavy (non-hydrogen) atoms. The third kappa shape index (κ3) is 1.51. The van der Waals surface area contributed by atoms with Gasteiger partial charge in [0.15, 0.2) is 0 Å². The van der Waals surface area contributed by atoms with Crippen LogP contribution in [0.25, 0.3) is 0 Å². The SMILES string of the molecule is Cc1c(CN)cc(Cl)c(N)c1Cl. The number of hydrogen-bond acceptors (Lipinski definition) is 2. The molecular formula is C8H10Cl2N2. The molecule has 0 bridgehead atoms. The van der Waals surface area contributed by atoms with E-state index in [1.807, 2.05) is 6.92 Å². The highest BCUT2D eigenvalue weighted by atomic mass is 35.5. The first-order valence-corrected chi connectivity index (χ1v) is 4.26. The van der Waals surface area contributed by atoms with E-state index in [0.29, 0.717) is 22.3 Å². The summed E-state index contributed by atoms with van der Waals surface area (Å²) in [6.45, 7) is 2.29. The molecule has 0 aliphatic carbocycles. The Labute approximate surface area is 81.4 Å². The number of hydrogen-bond donors (Lipinski definition) is 2. The third-order valence-electron chi connectivity index (χ3n) is 1.83. The predicted molar refractivity (Wildman–Crippen MR) is 53.5 cm³/mol. The molecule has 0 aromatic heterocycles. The minimum atomic E-state index is 0.422. The molecule has 4 N–H and O–H groups in total. The molecule has 66 valence electrons. The molecule has 0 radical (unpaired) electrons. The number of halogens is 2. The summed E-state index contributed by atoms with van der Waals surface area (Å²) in [6, 6.07) is 1.75. The lowest BCUT2D eigenvalue weighted by atomic mass is 10.1. The van der Waals surface area contributed by atoms with E-state index in [1.165, 1.54) is 0 Å². The number of anilines is 1. The molecule has 1 rings (SSSR count). The maximum absolute atomic E-state index is 5.90. The van der Waals surface area contributed by atoms with Crippen LogP contribution in [0.3, 0.4) is 0 Å². The summed E-state index contributed by atoms with van der Waals surface area (Å²) in [5, 5.41) is 0.967. The Morgan fingerprint density at radius 3 is 2.50 bits per heavy atom. The second-order valence-electron chi connectivity index (χ2n) is 2.57. The Morgan fingerprint density at radius 1 is 1.42 bits per heavy atom. The molecule has 0 spiro atoms. The molecule has 0 unspecified atom stereocenters. The standard InChI is InChI=1S/C8H10Cl2N2/c1-4-5(3-11)2-6(9)8(12)7(4)10/h2H,3,11-12H2,1H3. The van der Waals surface area contributed by atoms with Crippen LogP contribution in [0.2, 0.25) is 10.0 Å². The molecule has 0 aliphatic rings. The van der Waals surface area contributed by atoms with Gasteiger partial charge in [0.05, 0.1) is 15.7 Å². The molecule has 1 aromatic rings. The van der Waals surface area contributed by atoms with E-state index in [-0.39, 0.29) is 0 Å². The van der Waals surface area contributed by atoms with Gasteiger partial charge in [0.1, 0.15) is 0 Å². The number of nitrogen functional groups attached to an aromatic ring is 1. The Balaban J connectivity index is 3.39. The maximum atomic E-state index is 5.90. The normalized spacial score (nSPS) is 10.3. The van der Waals surface area contributed by atoms with E-state index in [0.717, 1.165) is 11.1 Å². The molecule has 2 nitrogen and oxygen atoms in total. The fraction of sp³-hybridized carbons (Fsp3) is 0.250. The smallest absolute Gasteiger partial charge is 0.0695 e. The Morgan fingerprint density at radius 2 is 2.00 bits per heavy atom. The monoisotopic (exact) mass is 204 g/mol. The van der Waals surface area contributed by atoms with Crippen molar-refractivity contribution >= 4 is 28.9 Å². The zero-order chi connectivity index (χ0) is 9.30. The van der Waals surface area contributed by atoms with Crippen molar-refractivity contribution in [1.82, 2.24) is 0 Å². The van der Waals surface area contributed by atoms with Gasteiger partial charge in [0, 0.05) is 6.54 Å². The molecule has 0 atom stereocenters. The first-order valence-electron chi connectivity index (χ1n) is 3.51. The van der Waals surface area contributed by atoms with Crippen molar-refractivity contribution in [1.29, 1.82) is 0 Å². The fourth-order valence-electron chi connectivity index (χ4n) is 0.999. The molecule has 0 aliphatic heterocycles. The summed E-state index contributed by atoms with van der Waals surface area (Å²) in [5.41, 5.74) is 13.3. The summed E-state index contributed by atoms with van der Waals surface area (Å²) in [4.78, 5) is 0. The van der Waals surface area contributed by atoms with Gasteiger partial charge in [-0.25, -0.2) is 0 Å². The van der Waals surface area contributed by atoms with Crippen LogP contribution in [0.15, 0.2) is 6.07 Å². The summed E-state index contributed by atoms with van der Waals surface area (Å²) in [5.74, 6) is 0. The largest absolute Gasteiger partial charge is 0.396 e. The lowest BCUT2D eigenvalue weighted by Crippen LogP contribution is -2.01. The molecule has 4 heteroatoms. The second-order valence-corrected chi connectivity index (χ2v) is 3.36. The fourth-order valence-corrected chi connectivity index (χ4v) is 1.50. The van der Waals surface area contributed by atoms with E-state index >= 15 is 0 Å². The highest BCUT2D eigenvalue weighted by molar-refractivity contribution is 6.39. The van der Waals surface area contributed by atoms with Gasteiger partial charge in [-0.2, -0.15) is 0 Å². The van der Waals surface area contributed by atoms with Crippen molar-refractivity contribution in [3.8, 4) is 0 Å². The van der Waals surface area contributed by atoms with E-state index in [9.17, 15) is 0 Å². The van der Waals surface area contributed by atoms with Crippen molar-refractivity contribution in [2.75, 3.05) is 5.73 Å². The maximum Gasteiger partial charge on any atom is 0.0695 e. The van der Waals surface area contributed by atoms with Gasteiger partial charge < -0.3 is 11.5 Å². The highest BCUT2D eigenvalue weighted by Crippen LogP contribution is 2.32. The van der Waals surface area contributed by atoms with Gasteiger partial charge in [-0.05, 0) is 24.1 Å². The Bertz CT molecular complexity index is 310. The molecule has 0 saturated carbocycles. The van der Waals surface area contributed by atoms with Gasteiger partial charge in [-0.3, -0.25) is 0 Å². The molecule has 0 saturated heterocycles. The van der Waals surface area contributed by atoms with Crippen LogP contribution in [-0.4, -0.2) is 0 Å². The van der Waals surface area contributed by atoms with Crippen LogP contribution < -0.4 is 11.5 Å². The summed E-state index contributed by atoms with van der Waals surface area (Å²) >= 11 is 11.7. The van der Waals surface area contributed by atoms with Gasteiger partial charge in [0.25, 0.3) is 0 Å². The second kappa shape index (κ2) is 3.52. The zero-order valence-electron chi connectivity index (χ0n) is 6.70. The number of nitrogens with two attached hydrogens (primary N) is 2. The molecule has 1 aromatic carbocycles. The van der Waals surface area contributed by atoms with Crippen molar-refractivity contribution < 1.29 is 0 Å². The van der Waals surface area contributed by atoms with Crippen LogP contribution in [0.1, 0.15) is 11.1 Å². The first kappa shape index (κ1) is 9.65. The minimum absolute atomic E-state index is 0.422. The van der Waals surface area contributed by atoms with E-state index in [1.54, 1.807) is 6.07 Å². The number of benzene rings is 1. The van der Waals surface area contributed by atoms with Crippen LogP contribution in [0.5, 0.6) is 0 Å². The third-order valence-corrected chi connectivity index (χ3v) is 2.63. The van der Waals surface area contributed by atoms with E-state index in [4.69, 9.17) is 34.7 Å². The average molecular weight is 205 g/mol. The van der Waals surface area contributed by atoms with Crippen LogP contribution >= 0.6 is 23.2 Å². The van der Waals surface area contributed by atoms with Crippen molar-refractivity contribution in [3.63, 3.8) is 0 Å². The zero-order valence-corrected chi connectivity index (χ0v) is 8.21. The minimum Gasteiger partial charge on any atom is -0.396 e. The average Bonchev–Trinajstić information content (AvgIpc) is 2.08. The lowest BCUT2D eigenvalue weighted by Gasteiger charge is -2.09. The quantitative estimate of drug-likeness (QED) is 0.691. The summed E-state index contributed by atoms with van der Waals surface area (Å²) < 4.78 is 0. The van der Waals surface area contributed by atoms with Crippen molar-refractivity contribution in [2.45, 2.75) is 13.5 Å². The Hall–Kier alpha value is -0.440. The van der Waals surface area contributed by atoms with Crippen LogP contribution in [-0.2, 0) is 6.54 Å². The molecule has 0 fully saturated rings. The van der Waals surface area contributed by atoms with Gasteiger partial charge in [0.2, 0.25) is 0 Å². The summed E-state index contributed by atoms with van der Waals surface area (Å²) in [7, 11) is 0.